The van der Waals surface area contributed by atoms with E-state index in [4.69, 9.17) is 23.2 Å². The van der Waals surface area contributed by atoms with Crippen LogP contribution in [0.5, 0.6) is 0 Å². The van der Waals surface area contributed by atoms with Crippen LogP contribution in [-0.2, 0) is 0 Å². The van der Waals surface area contributed by atoms with Crippen molar-refractivity contribution in [3.8, 4) is 0 Å². The lowest BCUT2D eigenvalue weighted by Gasteiger charge is -1.99. The Labute approximate surface area is 93.0 Å². The zero-order chi connectivity index (χ0) is 9.42. The monoisotopic (exact) mass is 276 g/mol. The molecule has 66 valence electrons. The standard InChI is InChI=1S/C8H3BrCl2N2/c9-4-1-5(10)8-6(2-4)13-7(11)3-12-8/h1-3H. The highest BCUT2D eigenvalue weighted by Gasteiger charge is 2.03. The summed E-state index contributed by atoms with van der Waals surface area (Å²) in [5, 5.41) is 0.926. The van der Waals surface area contributed by atoms with Gasteiger partial charge in [-0.25, -0.2) is 9.97 Å². The Hall–Kier alpha value is -0.380. The molecule has 1 aromatic heterocycles. The molecule has 0 unspecified atom stereocenters. The summed E-state index contributed by atoms with van der Waals surface area (Å²) in [6.07, 6.45) is 1.48. The summed E-state index contributed by atoms with van der Waals surface area (Å²) in [6.45, 7) is 0. The third-order valence-corrected chi connectivity index (χ3v) is 2.46. The molecule has 2 aromatic rings. The third kappa shape index (κ3) is 1.77. The molecule has 1 aromatic carbocycles. The van der Waals surface area contributed by atoms with Crippen LogP contribution in [0.15, 0.2) is 22.8 Å². The minimum Gasteiger partial charge on any atom is -0.250 e. The first-order chi connectivity index (χ1) is 6.16. The zero-order valence-electron chi connectivity index (χ0n) is 6.26. The fraction of sp³-hybridized carbons (Fsp3) is 0. The molecule has 0 atom stereocenters. The van der Waals surface area contributed by atoms with Gasteiger partial charge >= 0.3 is 0 Å². The largest absolute Gasteiger partial charge is 0.250 e. The van der Waals surface area contributed by atoms with Gasteiger partial charge < -0.3 is 0 Å². The maximum Gasteiger partial charge on any atom is 0.148 e. The maximum atomic E-state index is 5.94. The van der Waals surface area contributed by atoms with Gasteiger partial charge in [0.05, 0.1) is 16.7 Å². The van der Waals surface area contributed by atoms with Crippen molar-refractivity contribution >= 4 is 50.2 Å². The van der Waals surface area contributed by atoms with Crippen molar-refractivity contribution in [2.45, 2.75) is 0 Å². The predicted molar refractivity (Wildman–Crippen MR) is 57.3 cm³/mol. The third-order valence-electron chi connectivity index (χ3n) is 1.54. The summed E-state index contributed by atoms with van der Waals surface area (Å²) in [7, 11) is 0. The molecule has 13 heavy (non-hydrogen) atoms. The van der Waals surface area contributed by atoms with Crippen LogP contribution in [0.4, 0.5) is 0 Å². The van der Waals surface area contributed by atoms with Crippen LogP contribution in [0.25, 0.3) is 11.0 Å². The molecule has 2 nitrogen and oxygen atoms in total. The van der Waals surface area contributed by atoms with Crippen molar-refractivity contribution in [1.82, 2.24) is 9.97 Å². The highest BCUT2D eigenvalue weighted by atomic mass is 79.9. The Balaban J connectivity index is 2.86. The molecule has 1 heterocycles. The van der Waals surface area contributed by atoms with E-state index in [1.54, 1.807) is 6.07 Å². The van der Waals surface area contributed by atoms with Gasteiger partial charge in [0.15, 0.2) is 0 Å². The highest BCUT2D eigenvalue weighted by Crippen LogP contribution is 2.25. The Morgan fingerprint density at radius 2 is 2.00 bits per heavy atom. The van der Waals surface area contributed by atoms with Crippen molar-refractivity contribution in [2.75, 3.05) is 0 Å². The van der Waals surface area contributed by atoms with Crippen molar-refractivity contribution in [1.29, 1.82) is 0 Å². The molecular formula is C8H3BrCl2N2. The molecule has 0 saturated carbocycles. The normalized spacial score (nSPS) is 10.7. The molecule has 5 heteroatoms. The van der Waals surface area contributed by atoms with Gasteiger partial charge in [-0.3, -0.25) is 0 Å². The Morgan fingerprint density at radius 3 is 2.77 bits per heavy atom. The number of hydrogen-bond acceptors (Lipinski definition) is 2. The number of rotatable bonds is 0. The first kappa shape index (κ1) is 9.19. The molecule has 0 N–H and O–H groups in total. The molecule has 0 spiro atoms. The average Bonchev–Trinajstić information content (AvgIpc) is 2.02. The summed E-state index contributed by atoms with van der Waals surface area (Å²) >= 11 is 14.9. The first-order valence-corrected chi connectivity index (χ1v) is 4.99. The first-order valence-electron chi connectivity index (χ1n) is 3.44. The molecule has 0 aliphatic carbocycles. The van der Waals surface area contributed by atoms with Crippen LogP contribution in [-0.4, -0.2) is 9.97 Å². The minimum absolute atomic E-state index is 0.363. The second-order valence-electron chi connectivity index (χ2n) is 2.45. The van der Waals surface area contributed by atoms with E-state index in [0.717, 1.165) is 4.47 Å². The van der Waals surface area contributed by atoms with Gasteiger partial charge in [-0.05, 0) is 12.1 Å². The van der Waals surface area contributed by atoms with E-state index >= 15 is 0 Å². The van der Waals surface area contributed by atoms with Gasteiger partial charge in [0.1, 0.15) is 10.7 Å². The predicted octanol–water partition coefficient (Wildman–Crippen LogP) is 3.70. The van der Waals surface area contributed by atoms with E-state index in [-0.39, 0.29) is 0 Å². The SMILES string of the molecule is Clc1cnc2c(Cl)cc(Br)cc2n1. The highest BCUT2D eigenvalue weighted by molar-refractivity contribution is 9.10. The van der Waals surface area contributed by atoms with E-state index in [2.05, 4.69) is 25.9 Å². The second kappa shape index (κ2) is 3.40. The molecule has 0 aliphatic heterocycles. The summed E-state index contributed by atoms with van der Waals surface area (Å²) in [5.74, 6) is 0. The van der Waals surface area contributed by atoms with Crippen LogP contribution in [0.2, 0.25) is 10.2 Å². The lowest BCUT2D eigenvalue weighted by molar-refractivity contribution is 1.29. The molecule has 0 aliphatic rings. The van der Waals surface area contributed by atoms with Crippen molar-refractivity contribution in [3.05, 3.63) is 33.0 Å². The Bertz CT molecular complexity index is 468. The van der Waals surface area contributed by atoms with Gasteiger partial charge in [-0.2, -0.15) is 0 Å². The fourth-order valence-corrected chi connectivity index (χ4v) is 2.01. The molecule has 2 rings (SSSR count). The molecule has 0 bridgehead atoms. The van der Waals surface area contributed by atoms with Crippen molar-refractivity contribution in [3.63, 3.8) is 0 Å². The summed E-state index contributed by atoms with van der Waals surface area (Å²) in [6, 6.07) is 3.59. The van der Waals surface area contributed by atoms with E-state index < -0.39 is 0 Å². The number of hydrogen-bond donors (Lipinski definition) is 0. The number of benzene rings is 1. The Morgan fingerprint density at radius 1 is 1.23 bits per heavy atom. The van der Waals surface area contributed by atoms with Crippen LogP contribution < -0.4 is 0 Å². The number of aromatic nitrogens is 2. The van der Waals surface area contributed by atoms with E-state index in [0.29, 0.717) is 21.2 Å². The molecule has 0 saturated heterocycles. The molecule has 0 fully saturated rings. The smallest absolute Gasteiger partial charge is 0.148 e. The van der Waals surface area contributed by atoms with Crippen LogP contribution in [0.3, 0.4) is 0 Å². The lowest BCUT2D eigenvalue weighted by atomic mass is 10.3. The van der Waals surface area contributed by atoms with E-state index in [9.17, 15) is 0 Å². The van der Waals surface area contributed by atoms with Gasteiger partial charge in [0.2, 0.25) is 0 Å². The van der Waals surface area contributed by atoms with Crippen LogP contribution >= 0.6 is 39.1 Å². The van der Waals surface area contributed by atoms with Gasteiger partial charge in [0, 0.05) is 4.47 Å². The minimum atomic E-state index is 0.363. The van der Waals surface area contributed by atoms with Gasteiger partial charge in [0.25, 0.3) is 0 Å². The summed E-state index contributed by atoms with van der Waals surface area (Å²) < 4.78 is 0.863. The van der Waals surface area contributed by atoms with Crippen molar-refractivity contribution < 1.29 is 0 Å². The number of fused-ring (bicyclic) bond motifs is 1. The topological polar surface area (TPSA) is 25.8 Å². The number of nitrogens with zero attached hydrogens (tertiary/aromatic N) is 2. The van der Waals surface area contributed by atoms with Crippen LogP contribution in [0, 0.1) is 0 Å². The van der Waals surface area contributed by atoms with Gasteiger partial charge in [-0.15, -0.1) is 0 Å². The van der Waals surface area contributed by atoms with Gasteiger partial charge in [-0.1, -0.05) is 39.1 Å². The van der Waals surface area contributed by atoms with E-state index in [1.165, 1.54) is 6.20 Å². The van der Waals surface area contributed by atoms with Crippen molar-refractivity contribution in [2.24, 2.45) is 0 Å². The maximum absolute atomic E-state index is 5.94. The quantitative estimate of drug-likeness (QED) is 0.734. The lowest BCUT2D eigenvalue weighted by Crippen LogP contribution is -1.85. The fourth-order valence-electron chi connectivity index (χ4n) is 1.03. The summed E-state index contributed by atoms with van der Waals surface area (Å²) in [5.41, 5.74) is 1.35. The second-order valence-corrected chi connectivity index (χ2v) is 4.16. The summed E-state index contributed by atoms with van der Waals surface area (Å²) in [4.78, 5) is 8.16. The van der Waals surface area contributed by atoms with E-state index in [1.807, 2.05) is 6.07 Å². The Kier molecular flexibility index (Phi) is 2.41. The molecule has 0 amide bonds. The molecule has 0 radical (unpaired) electrons. The van der Waals surface area contributed by atoms with Crippen LogP contribution in [0.1, 0.15) is 0 Å². The number of halogens is 3. The zero-order valence-corrected chi connectivity index (χ0v) is 9.36. The average molecular weight is 278 g/mol. The molecular weight excluding hydrogens is 275 g/mol.